The highest BCUT2D eigenvalue weighted by Crippen LogP contribution is 2.42. The number of aryl methyl sites for hydroxylation is 1. The number of amides is 1. The molecule has 2 aliphatic rings. The number of aromatic nitrogens is 1. The van der Waals surface area contributed by atoms with Gasteiger partial charge in [-0.2, -0.15) is 0 Å². The van der Waals surface area contributed by atoms with Crippen molar-refractivity contribution >= 4 is 5.91 Å². The van der Waals surface area contributed by atoms with E-state index >= 15 is 0 Å². The number of carbonyl (C=O) groups excluding carboxylic acids is 1. The Labute approximate surface area is 128 Å². The average molecular weight is 299 g/mol. The molecule has 5 heteroatoms. The SMILES string of the molecule is Cc1ccc(C23Cn4cccc4C(=O)N2CCN3C)cc1F. The van der Waals surface area contributed by atoms with Crippen LogP contribution in [-0.2, 0) is 12.2 Å². The summed E-state index contributed by atoms with van der Waals surface area (Å²) in [5.74, 6) is -0.209. The van der Waals surface area contributed by atoms with Gasteiger partial charge in [0.1, 0.15) is 17.2 Å². The van der Waals surface area contributed by atoms with Gasteiger partial charge < -0.3 is 9.47 Å². The molecule has 22 heavy (non-hydrogen) atoms. The van der Waals surface area contributed by atoms with Crippen LogP contribution in [0.15, 0.2) is 36.5 Å². The summed E-state index contributed by atoms with van der Waals surface area (Å²) in [4.78, 5) is 16.9. The van der Waals surface area contributed by atoms with E-state index in [9.17, 15) is 9.18 Å². The first-order valence-electron chi connectivity index (χ1n) is 7.49. The van der Waals surface area contributed by atoms with Gasteiger partial charge in [-0.15, -0.1) is 0 Å². The van der Waals surface area contributed by atoms with Gasteiger partial charge in [-0.05, 0) is 43.3 Å². The molecular formula is C17H18FN3O. The Morgan fingerprint density at radius 2 is 2.05 bits per heavy atom. The normalized spacial score (nSPS) is 24.5. The molecule has 2 aromatic rings. The first kappa shape index (κ1) is 13.5. The van der Waals surface area contributed by atoms with Crippen LogP contribution < -0.4 is 0 Å². The van der Waals surface area contributed by atoms with Gasteiger partial charge in [0.2, 0.25) is 0 Å². The third-order valence-corrected chi connectivity index (χ3v) is 5.06. The molecule has 0 aliphatic carbocycles. The van der Waals surface area contributed by atoms with Crippen LogP contribution in [0.5, 0.6) is 0 Å². The molecular weight excluding hydrogens is 281 g/mol. The average Bonchev–Trinajstić information content (AvgIpc) is 3.09. The van der Waals surface area contributed by atoms with E-state index in [-0.39, 0.29) is 11.7 Å². The van der Waals surface area contributed by atoms with Crippen molar-refractivity contribution in [2.75, 3.05) is 20.1 Å². The summed E-state index contributed by atoms with van der Waals surface area (Å²) < 4.78 is 16.1. The summed E-state index contributed by atoms with van der Waals surface area (Å²) in [6.07, 6.45) is 1.92. The number of benzene rings is 1. The first-order valence-corrected chi connectivity index (χ1v) is 7.49. The number of halogens is 1. The minimum atomic E-state index is -0.600. The van der Waals surface area contributed by atoms with Gasteiger partial charge in [0.05, 0.1) is 6.54 Å². The molecule has 2 aliphatic heterocycles. The van der Waals surface area contributed by atoms with Crippen molar-refractivity contribution in [3.63, 3.8) is 0 Å². The lowest BCUT2D eigenvalue weighted by Gasteiger charge is -2.46. The van der Waals surface area contributed by atoms with Crippen molar-refractivity contribution in [2.24, 2.45) is 0 Å². The monoisotopic (exact) mass is 299 g/mol. The summed E-state index contributed by atoms with van der Waals surface area (Å²) in [6.45, 7) is 3.82. The third-order valence-electron chi connectivity index (χ3n) is 5.06. The summed E-state index contributed by atoms with van der Waals surface area (Å²) in [7, 11) is 2.00. The van der Waals surface area contributed by atoms with Crippen LogP contribution in [0.4, 0.5) is 4.39 Å². The second kappa shape index (κ2) is 4.43. The van der Waals surface area contributed by atoms with Gasteiger partial charge in [0.15, 0.2) is 0 Å². The topological polar surface area (TPSA) is 28.5 Å². The molecule has 1 amide bonds. The molecule has 0 N–H and O–H groups in total. The number of fused-ring (bicyclic) bond motifs is 2. The lowest BCUT2D eigenvalue weighted by atomic mass is 9.93. The summed E-state index contributed by atoms with van der Waals surface area (Å²) in [5, 5.41) is 0. The van der Waals surface area contributed by atoms with Gasteiger partial charge in [0.25, 0.3) is 5.91 Å². The van der Waals surface area contributed by atoms with E-state index in [1.165, 1.54) is 0 Å². The molecule has 1 atom stereocenters. The van der Waals surface area contributed by atoms with Gasteiger partial charge in [-0.1, -0.05) is 12.1 Å². The number of hydrogen-bond donors (Lipinski definition) is 0. The molecule has 3 heterocycles. The Balaban J connectivity index is 1.93. The van der Waals surface area contributed by atoms with Crippen molar-refractivity contribution < 1.29 is 9.18 Å². The maximum Gasteiger partial charge on any atom is 0.272 e. The van der Waals surface area contributed by atoms with E-state index in [0.717, 1.165) is 12.1 Å². The van der Waals surface area contributed by atoms with Crippen molar-refractivity contribution in [3.05, 3.63) is 59.2 Å². The molecule has 114 valence electrons. The fraction of sp³-hybridized carbons (Fsp3) is 0.353. The Morgan fingerprint density at radius 1 is 1.23 bits per heavy atom. The highest BCUT2D eigenvalue weighted by Gasteiger charge is 2.52. The van der Waals surface area contributed by atoms with E-state index < -0.39 is 5.66 Å². The molecule has 1 unspecified atom stereocenters. The quantitative estimate of drug-likeness (QED) is 0.807. The van der Waals surface area contributed by atoms with E-state index in [4.69, 9.17) is 0 Å². The number of rotatable bonds is 1. The lowest BCUT2D eigenvalue weighted by Crippen LogP contribution is -2.57. The van der Waals surface area contributed by atoms with Crippen molar-refractivity contribution in [2.45, 2.75) is 19.1 Å². The fourth-order valence-electron chi connectivity index (χ4n) is 3.73. The fourth-order valence-corrected chi connectivity index (χ4v) is 3.73. The van der Waals surface area contributed by atoms with E-state index in [1.54, 1.807) is 19.1 Å². The van der Waals surface area contributed by atoms with Crippen LogP contribution in [-0.4, -0.2) is 40.4 Å². The first-order chi connectivity index (χ1) is 10.5. The number of likely N-dealkylation sites (N-methyl/N-ethyl adjacent to an activating group) is 1. The Kier molecular flexibility index (Phi) is 2.72. The highest BCUT2D eigenvalue weighted by molar-refractivity contribution is 5.94. The zero-order valence-electron chi connectivity index (χ0n) is 12.7. The molecule has 4 rings (SSSR count). The van der Waals surface area contributed by atoms with Crippen molar-refractivity contribution in [1.29, 1.82) is 0 Å². The molecule has 0 radical (unpaired) electrons. The van der Waals surface area contributed by atoms with Crippen LogP contribution in [0.25, 0.3) is 0 Å². The molecule has 1 fully saturated rings. The standard InChI is InChI=1S/C17H18FN3O/c1-12-5-6-13(10-14(12)18)17-11-20-7-3-4-15(20)16(22)21(17)9-8-19(17)2/h3-7,10H,8-9,11H2,1-2H3. The molecule has 4 nitrogen and oxygen atoms in total. The molecule has 0 spiro atoms. The van der Waals surface area contributed by atoms with Crippen LogP contribution in [0.3, 0.4) is 0 Å². The van der Waals surface area contributed by atoms with E-state index in [0.29, 0.717) is 24.3 Å². The van der Waals surface area contributed by atoms with Crippen molar-refractivity contribution in [3.8, 4) is 0 Å². The summed E-state index contributed by atoms with van der Waals surface area (Å²) >= 11 is 0. The molecule has 0 saturated carbocycles. The minimum absolute atomic E-state index is 0.0154. The minimum Gasteiger partial charge on any atom is -0.339 e. The second-order valence-electron chi connectivity index (χ2n) is 6.18. The van der Waals surface area contributed by atoms with Crippen LogP contribution >= 0.6 is 0 Å². The molecule has 1 aromatic carbocycles. The van der Waals surface area contributed by atoms with E-state index in [2.05, 4.69) is 4.90 Å². The number of nitrogens with zero attached hydrogens (tertiary/aromatic N) is 3. The maximum absolute atomic E-state index is 14.1. The zero-order valence-corrected chi connectivity index (χ0v) is 12.7. The zero-order chi connectivity index (χ0) is 15.5. The Bertz CT molecular complexity index is 769. The molecule has 0 bridgehead atoms. The van der Waals surface area contributed by atoms with Crippen LogP contribution in [0, 0.1) is 12.7 Å². The lowest BCUT2D eigenvalue weighted by molar-refractivity contribution is -0.00141. The largest absolute Gasteiger partial charge is 0.339 e. The number of hydrogen-bond acceptors (Lipinski definition) is 2. The molecule has 1 saturated heterocycles. The summed E-state index contributed by atoms with van der Waals surface area (Å²) in [5.41, 5.74) is 1.57. The maximum atomic E-state index is 14.1. The molecule has 1 aromatic heterocycles. The summed E-state index contributed by atoms with van der Waals surface area (Å²) in [6, 6.07) is 9.04. The van der Waals surface area contributed by atoms with Crippen LogP contribution in [0.2, 0.25) is 0 Å². The van der Waals surface area contributed by atoms with E-state index in [1.807, 2.05) is 40.9 Å². The van der Waals surface area contributed by atoms with Gasteiger partial charge in [0, 0.05) is 19.3 Å². The highest BCUT2D eigenvalue weighted by atomic mass is 19.1. The second-order valence-corrected chi connectivity index (χ2v) is 6.18. The predicted octanol–water partition coefficient (Wildman–Crippen LogP) is 2.19. The van der Waals surface area contributed by atoms with Crippen LogP contribution in [0.1, 0.15) is 21.6 Å². The van der Waals surface area contributed by atoms with Gasteiger partial charge in [-0.25, -0.2) is 4.39 Å². The predicted molar refractivity (Wildman–Crippen MR) is 80.9 cm³/mol. The number of carbonyl (C=O) groups is 1. The van der Waals surface area contributed by atoms with Gasteiger partial charge in [-0.3, -0.25) is 9.69 Å². The Hall–Kier alpha value is -2.14. The Morgan fingerprint density at radius 3 is 2.82 bits per heavy atom. The van der Waals surface area contributed by atoms with Gasteiger partial charge >= 0.3 is 0 Å². The smallest absolute Gasteiger partial charge is 0.272 e. The third kappa shape index (κ3) is 1.57. The van der Waals surface area contributed by atoms with Crippen molar-refractivity contribution in [1.82, 2.24) is 14.4 Å².